The van der Waals surface area contributed by atoms with Gasteiger partial charge < -0.3 is 25.4 Å². The summed E-state index contributed by atoms with van der Waals surface area (Å²) >= 11 is 12.4. The molecule has 3 heterocycles. The summed E-state index contributed by atoms with van der Waals surface area (Å²) in [5.74, 6) is 1.09. The Morgan fingerprint density at radius 2 is 1.95 bits per heavy atom. The quantitative estimate of drug-likeness (QED) is 0.170. The van der Waals surface area contributed by atoms with Crippen molar-refractivity contribution >= 4 is 40.4 Å². The summed E-state index contributed by atoms with van der Waals surface area (Å²) in [7, 11) is 0. The second-order valence-electron chi connectivity index (χ2n) is 9.96. The fourth-order valence-corrected chi connectivity index (χ4v) is 4.84. The third-order valence-electron chi connectivity index (χ3n) is 6.39. The van der Waals surface area contributed by atoms with Crippen molar-refractivity contribution in [2.45, 2.75) is 39.0 Å². The van der Waals surface area contributed by atoms with E-state index in [4.69, 9.17) is 43.8 Å². The van der Waals surface area contributed by atoms with Crippen molar-refractivity contribution in [1.29, 1.82) is 10.7 Å². The second-order valence-corrected chi connectivity index (χ2v) is 10.8. The number of benzene rings is 1. The van der Waals surface area contributed by atoms with Crippen molar-refractivity contribution in [2.75, 3.05) is 36.9 Å². The Morgan fingerprint density at radius 3 is 2.62 bits per heavy atom. The molecule has 0 bridgehead atoms. The zero-order valence-corrected chi connectivity index (χ0v) is 23.6. The van der Waals surface area contributed by atoms with Crippen LogP contribution in [-0.4, -0.2) is 53.6 Å². The first-order valence-electron chi connectivity index (χ1n) is 12.5. The van der Waals surface area contributed by atoms with Crippen molar-refractivity contribution in [2.24, 2.45) is 0 Å². The fourth-order valence-electron chi connectivity index (χ4n) is 4.36. The van der Waals surface area contributed by atoms with Gasteiger partial charge in [0.05, 0.1) is 39.6 Å². The van der Waals surface area contributed by atoms with Crippen LogP contribution in [0.5, 0.6) is 5.75 Å². The van der Waals surface area contributed by atoms with E-state index in [0.717, 1.165) is 6.54 Å². The molecule has 0 radical (unpaired) electrons. The highest BCUT2D eigenvalue weighted by Crippen LogP contribution is 2.31. The Morgan fingerprint density at radius 1 is 1.23 bits per heavy atom. The van der Waals surface area contributed by atoms with Gasteiger partial charge >= 0.3 is 0 Å². The number of hydrogen-bond donors (Lipinski definition) is 3. The highest BCUT2D eigenvalue weighted by molar-refractivity contribution is 6.35. The van der Waals surface area contributed by atoms with Crippen molar-refractivity contribution in [3.63, 3.8) is 0 Å². The zero-order chi connectivity index (χ0) is 28.2. The van der Waals surface area contributed by atoms with Crippen LogP contribution in [-0.2, 0) is 11.3 Å². The molecular weight excluding hydrogens is 537 g/mol. The predicted molar refractivity (Wildman–Crippen MR) is 154 cm³/mol. The number of ether oxygens (including phenoxy) is 2. The van der Waals surface area contributed by atoms with Gasteiger partial charge in [0, 0.05) is 60.6 Å². The minimum absolute atomic E-state index is 0.0836. The molecule has 0 unspecified atom stereocenters. The molecule has 0 amide bonds. The molecule has 0 aliphatic carbocycles. The topological polar surface area (TPSA) is 133 Å². The van der Waals surface area contributed by atoms with E-state index in [2.05, 4.69) is 33.2 Å². The molecule has 9 nitrogen and oxygen atoms in total. The Kier molecular flexibility index (Phi) is 8.93. The number of anilines is 2. The maximum Gasteiger partial charge on any atom is 0.146 e. The van der Waals surface area contributed by atoms with Gasteiger partial charge in [0.15, 0.2) is 0 Å². The van der Waals surface area contributed by atoms with E-state index in [1.807, 2.05) is 13.8 Å². The van der Waals surface area contributed by atoms with Crippen molar-refractivity contribution < 1.29 is 9.47 Å². The minimum Gasteiger partial charge on any atom is -0.489 e. The van der Waals surface area contributed by atoms with E-state index >= 15 is 0 Å². The third-order valence-corrected chi connectivity index (χ3v) is 7.04. The Balaban J connectivity index is 1.45. The summed E-state index contributed by atoms with van der Waals surface area (Å²) in [5, 5.41) is 23.0. The first kappa shape index (κ1) is 28.6. The number of aromatic nitrogens is 2. The number of rotatable bonds is 11. The number of nitrogens with zero attached hydrogens (tertiary/aromatic N) is 4. The number of halogens is 2. The van der Waals surface area contributed by atoms with Crippen LogP contribution in [0.15, 0.2) is 42.9 Å². The molecule has 204 valence electrons. The molecule has 0 spiro atoms. The molecular formula is C28H31Cl2N7O2. The van der Waals surface area contributed by atoms with Crippen LogP contribution >= 0.6 is 23.2 Å². The SMILES string of the molecule is CC(C)OCCNC1(C)CN(c2ncc(C(=N)c3cc(OCc4c(Cl)cncc4Cl)ccc3N)cc2C#N)C1. The average Bonchev–Trinajstić information content (AvgIpc) is 2.89. The molecule has 11 heteroatoms. The summed E-state index contributed by atoms with van der Waals surface area (Å²) in [6.45, 7) is 9.12. The fraction of sp³-hybridized carbons (Fsp3) is 0.357. The van der Waals surface area contributed by atoms with Crippen molar-refractivity contribution in [3.05, 3.63) is 75.2 Å². The molecule has 2 aromatic heterocycles. The molecule has 0 saturated carbocycles. The van der Waals surface area contributed by atoms with E-state index in [-0.39, 0.29) is 24.0 Å². The Bertz CT molecular complexity index is 1380. The van der Waals surface area contributed by atoms with E-state index in [1.54, 1.807) is 30.5 Å². The van der Waals surface area contributed by atoms with Gasteiger partial charge in [-0.3, -0.25) is 10.4 Å². The van der Waals surface area contributed by atoms with Gasteiger partial charge in [0.25, 0.3) is 0 Å². The standard InChI is InChI=1S/C28H31Cl2N7O2/c1-17(2)38-7-6-36-28(3)15-37(16-28)27-18(10-31)8-19(11-35-27)26(33)21-9-20(4-5-25(21)32)39-14-22-23(29)12-34-13-24(22)30/h4-5,8-9,11-13,17,33,36H,6-7,14-16,32H2,1-3H3. The normalized spacial score (nSPS) is 14.1. The largest absolute Gasteiger partial charge is 0.489 e. The lowest BCUT2D eigenvalue weighted by atomic mass is 9.91. The van der Waals surface area contributed by atoms with Gasteiger partial charge in [-0.05, 0) is 45.0 Å². The molecule has 0 atom stereocenters. The van der Waals surface area contributed by atoms with Crippen LogP contribution in [0.2, 0.25) is 10.0 Å². The van der Waals surface area contributed by atoms with Crippen LogP contribution in [0, 0.1) is 16.7 Å². The number of nitriles is 1. The third kappa shape index (κ3) is 6.78. The predicted octanol–water partition coefficient (Wildman–Crippen LogP) is 4.83. The summed E-state index contributed by atoms with van der Waals surface area (Å²) in [6, 6.07) is 8.96. The van der Waals surface area contributed by atoms with Gasteiger partial charge in [-0.1, -0.05) is 23.2 Å². The van der Waals surface area contributed by atoms with Crippen LogP contribution in [0.3, 0.4) is 0 Å². The lowest BCUT2D eigenvalue weighted by molar-refractivity contribution is 0.0746. The summed E-state index contributed by atoms with van der Waals surface area (Å²) < 4.78 is 11.5. The molecule has 1 saturated heterocycles. The smallest absolute Gasteiger partial charge is 0.146 e. The molecule has 39 heavy (non-hydrogen) atoms. The monoisotopic (exact) mass is 567 g/mol. The number of nitrogens with one attached hydrogen (secondary N) is 2. The summed E-state index contributed by atoms with van der Waals surface area (Å²) in [5.41, 5.74) is 8.61. The van der Waals surface area contributed by atoms with Gasteiger partial charge in [-0.25, -0.2) is 4.98 Å². The minimum atomic E-state index is -0.0836. The molecule has 1 aliphatic heterocycles. The molecule has 1 fully saturated rings. The highest BCUT2D eigenvalue weighted by atomic mass is 35.5. The number of nitrogens with two attached hydrogens (primary N) is 1. The van der Waals surface area contributed by atoms with E-state index in [1.165, 1.54) is 12.4 Å². The van der Waals surface area contributed by atoms with Gasteiger partial charge in [-0.2, -0.15) is 5.26 Å². The van der Waals surface area contributed by atoms with E-state index in [0.29, 0.717) is 69.3 Å². The molecule has 4 N–H and O–H groups in total. The first-order valence-corrected chi connectivity index (χ1v) is 13.3. The van der Waals surface area contributed by atoms with E-state index in [9.17, 15) is 5.26 Å². The highest BCUT2D eigenvalue weighted by Gasteiger charge is 2.39. The first-order chi connectivity index (χ1) is 18.6. The van der Waals surface area contributed by atoms with Crippen LogP contribution in [0.4, 0.5) is 11.5 Å². The number of hydrogen-bond acceptors (Lipinski definition) is 9. The van der Waals surface area contributed by atoms with Crippen molar-refractivity contribution in [3.8, 4) is 11.8 Å². The summed E-state index contributed by atoms with van der Waals surface area (Å²) in [6.07, 6.45) is 4.80. The zero-order valence-electron chi connectivity index (χ0n) is 22.1. The van der Waals surface area contributed by atoms with Gasteiger partial charge in [0.1, 0.15) is 24.2 Å². The van der Waals surface area contributed by atoms with Gasteiger partial charge in [0.2, 0.25) is 0 Å². The molecule has 4 rings (SSSR count). The molecule has 3 aromatic rings. The van der Waals surface area contributed by atoms with E-state index < -0.39 is 0 Å². The average molecular weight is 569 g/mol. The summed E-state index contributed by atoms with van der Waals surface area (Å²) in [4.78, 5) is 10.6. The maximum absolute atomic E-state index is 9.85. The Labute approximate surface area is 238 Å². The second kappa shape index (κ2) is 12.2. The number of nitrogen functional groups attached to an aromatic ring is 1. The van der Waals surface area contributed by atoms with Gasteiger partial charge in [-0.15, -0.1) is 0 Å². The molecule has 1 aliphatic rings. The Hall–Kier alpha value is -3.42. The van der Waals surface area contributed by atoms with Crippen LogP contribution < -0.4 is 20.7 Å². The lowest BCUT2D eigenvalue weighted by Gasteiger charge is -2.49. The number of pyridine rings is 2. The van der Waals surface area contributed by atoms with Crippen LogP contribution in [0.1, 0.15) is 43.0 Å². The maximum atomic E-state index is 9.85. The lowest BCUT2D eigenvalue weighted by Crippen LogP contribution is -2.68. The van der Waals surface area contributed by atoms with Crippen molar-refractivity contribution in [1.82, 2.24) is 15.3 Å². The van der Waals surface area contributed by atoms with Crippen LogP contribution in [0.25, 0.3) is 0 Å². The molecule has 1 aromatic carbocycles.